The van der Waals surface area contributed by atoms with Crippen molar-refractivity contribution >= 4 is 5.97 Å². The minimum atomic E-state index is -0.365. The molecule has 0 aromatic heterocycles. The van der Waals surface area contributed by atoms with E-state index in [-0.39, 0.29) is 12.6 Å². The SMILES string of the molecule is C#CC/C=C\OOCc1ccc(C(=O)OC)cc1. The van der Waals surface area contributed by atoms with Gasteiger partial charge in [0, 0.05) is 6.42 Å². The third-order valence-electron chi connectivity index (χ3n) is 2.06. The molecule has 0 bridgehead atoms. The quantitative estimate of drug-likeness (QED) is 0.193. The molecule has 94 valence electrons. The number of ether oxygens (including phenoxy) is 1. The van der Waals surface area contributed by atoms with Crippen LogP contribution in [0.25, 0.3) is 0 Å². The van der Waals surface area contributed by atoms with Crippen molar-refractivity contribution in [2.75, 3.05) is 7.11 Å². The van der Waals surface area contributed by atoms with Gasteiger partial charge in [-0.15, -0.1) is 12.3 Å². The average molecular weight is 246 g/mol. The molecule has 0 aliphatic carbocycles. The number of hydrogen-bond acceptors (Lipinski definition) is 4. The summed E-state index contributed by atoms with van der Waals surface area (Å²) in [6.07, 6.45) is 8.60. The maximum absolute atomic E-state index is 11.2. The molecule has 1 aromatic carbocycles. The van der Waals surface area contributed by atoms with E-state index in [0.717, 1.165) is 5.56 Å². The van der Waals surface area contributed by atoms with Crippen LogP contribution in [0.5, 0.6) is 0 Å². The molecular weight excluding hydrogens is 232 g/mol. The molecule has 0 fully saturated rings. The zero-order chi connectivity index (χ0) is 13.2. The summed E-state index contributed by atoms with van der Waals surface area (Å²) < 4.78 is 4.59. The van der Waals surface area contributed by atoms with Crippen molar-refractivity contribution in [3.05, 3.63) is 47.7 Å². The van der Waals surface area contributed by atoms with Crippen molar-refractivity contribution in [2.45, 2.75) is 13.0 Å². The summed E-state index contributed by atoms with van der Waals surface area (Å²) in [5.74, 6) is 2.07. The van der Waals surface area contributed by atoms with Crippen molar-refractivity contribution in [2.24, 2.45) is 0 Å². The number of carbonyl (C=O) groups is 1. The molecule has 0 N–H and O–H groups in total. The number of terminal acetylenes is 1. The molecule has 0 aliphatic rings. The molecule has 0 saturated carbocycles. The molecule has 0 saturated heterocycles. The normalized spacial score (nSPS) is 10.0. The lowest BCUT2D eigenvalue weighted by Crippen LogP contribution is -2.01. The summed E-state index contributed by atoms with van der Waals surface area (Å²) in [4.78, 5) is 20.9. The molecule has 4 heteroatoms. The van der Waals surface area contributed by atoms with E-state index in [9.17, 15) is 4.79 Å². The summed E-state index contributed by atoms with van der Waals surface area (Å²) in [6, 6.07) is 6.86. The Kier molecular flexibility index (Phi) is 6.09. The van der Waals surface area contributed by atoms with Gasteiger partial charge >= 0.3 is 5.97 Å². The number of hydrogen-bond donors (Lipinski definition) is 0. The van der Waals surface area contributed by atoms with Gasteiger partial charge in [0.2, 0.25) is 0 Å². The van der Waals surface area contributed by atoms with E-state index >= 15 is 0 Å². The number of methoxy groups -OCH3 is 1. The molecule has 0 amide bonds. The van der Waals surface area contributed by atoms with Gasteiger partial charge in [0.05, 0.1) is 12.7 Å². The highest BCUT2D eigenvalue weighted by Gasteiger charge is 2.04. The third kappa shape index (κ3) is 4.73. The first kappa shape index (κ1) is 13.8. The van der Waals surface area contributed by atoms with Gasteiger partial charge in [-0.1, -0.05) is 12.1 Å². The lowest BCUT2D eigenvalue weighted by atomic mass is 10.1. The Morgan fingerprint density at radius 3 is 2.72 bits per heavy atom. The minimum absolute atomic E-state index is 0.280. The van der Waals surface area contributed by atoms with Gasteiger partial charge < -0.3 is 9.62 Å². The van der Waals surface area contributed by atoms with Crippen molar-refractivity contribution in [1.82, 2.24) is 0 Å². The van der Waals surface area contributed by atoms with Crippen molar-refractivity contribution in [3.63, 3.8) is 0 Å². The summed E-state index contributed by atoms with van der Waals surface area (Å²) in [5, 5.41) is 0. The van der Waals surface area contributed by atoms with Gasteiger partial charge in [0.25, 0.3) is 0 Å². The molecule has 4 nitrogen and oxygen atoms in total. The fourth-order valence-corrected chi connectivity index (χ4v) is 1.15. The monoisotopic (exact) mass is 246 g/mol. The summed E-state index contributed by atoms with van der Waals surface area (Å²) >= 11 is 0. The fraction of sp³-hybridized carbons (Fsp3) is 0.214. The van der Waals surface area contributed by atoms with Crippen molar-refractivity contribution < 1.29 is 19.3 Å². The highest BCUT2D eigenvalue weighted by molar-refractivity contribution is 5.89. The summed E-state index contributed by atoms with van der Waals surface area (Å²) in [5.41, 5.74) is 1.38. The molecular formula is C14H14O4. The minimum Gasteiger partial charge on any atom is -0.465 e. The number of rotatable bonds is 6. The second-order valence-electron chi connectivity index (χ2n) is 3.33. The maximum atomic E-state index is 11.2. The van der Waals surface area contributed by atoms with Crippen LogP contribution in [0.15, 0.2) is 36.6 Å². The summed E-state index contributed by atoms with van der Waals surface area (Å²) in [6.45, 7) is 0.280. The van der Waals surface area contributed by atoms with E-state index in [2.05, 4.69) is 10.7 Å². The zero-order valence-corrected chi connectivity index (χ0v) is 10.1. The first-order chi connectivity index (χ1) is 8.77. The lowest BCUT2D eigenvalue weighted by Gasteiger charge is -2.03. The fourth-order valence-electron chi connectivity index (χ4n) is 1.15. The van der Waals surface area contributed by atoms with Crippen molar-refractivity contribution in [1.29, 1.82) is 0 Å². The van der Waals surface area contributed by atoms with Crippen LogP contribution in [0.2, 0.25) is 0 Å². The van der Waals surface area contributed by atoms with Crippen LogP contribution >= 0.6 is 0 Å². The molecule has 18 heavy (non-hydrogen) atoms. The van der Waals surface area contributed by atoms with E-state index in [1.54, 1.807) is 30.3 Å². The van der Waals surface area contributed by atoms with E-state index < -0.39 is 0 Å². The van der Waals surface area contributed by atoms with Crippen LogP contribution in [-0.2, 0) is 21.1 Å². The Morgan fingerprint density at radius 2 is 2.11 bits per heavy atom. The maximum Gasteiger partial charge on any atom is 0.337 e. The predicted octanol–water partition coefficient (Wildman–Crippen LogP) is 2.46. The largest absolute Gasteiger partial charge is 0.465 e. The zero-order valence-electron chi connectivity index (χ0n) is 10.1. The highest BCUT2D eigenvalue weighted by atomic mass is 17.2. The summed E-state index contributed by atoms with van der Waals surface area (Å²) in [7, 11) is 1.34. The van der Waals surface area contributed by atoms with Crippen molar-refractivity contribution in [3.8, 4) is 12.3 Å². The number of benzene rings is 1. The topological polar surface area (TPSA) is 44.8 Å². The molecule has 0 spiro atoms. The van der Waals surface area contributed by atoms with E-state index in [1.807, 2.05) is 0 Å². The van der Waals surface area contributed by atoms with Gasteiger partial charge in [-0.3, -0.25) is 0 Å². The van der Waals surface area contributed by atoms with E-state index in [0.29, 0.717) is 12.0 Å². The van der Waals surface area contributed by atoms with Crippen LogP contribution in [-0.4, -0.2) is 13.1 Å². The second kappa shape index (κ2) is 7.93. The van der Waals surface area contributed by atoms with E-state index in [1.165, 1.54) is 13.4 Å². The van der Waals surface area contributed by atoms with Gasteiger partial charge in [-0.2, -0.15) is 4.89 Å². The number of carbonyl (C=O) groups excluding carboxylic acids is 1. The van der Waals surface area contributed by atoms with Gasteiger partial charge in [-0.25, -0.2) is 4.79 Å². The second-order valence-corrected chi connectivity index (χ2v) is 3.33. The predicted molar refractivity (Wildman–Crippen MR) is 66.2 cm³/mol. The number of allylic oxidation sites excluding steroid dienone is 1. The Hall–Kier alpha value is -2.25. The third-order valence-corrected chi connectivity index (χ3v) is 2.06. The molecule has 0 unspecified atom stereocenters. The standard InChI is InChI=1S/C14H14O4/c1-3-4-5-10-17-18-11-12-6-8-13(9-7-12)14(15)16-2/h1,5-10H,4,11H2,2H3/b10-5-. The first-order valence-electron chi connectivity index (χ1n) is 5.32. The number of esters is 1. The van der Waals surface area contributed by atoms with Gasteiger partial charge in [-0.05, 0) is 23.8 Å². The Labute approximate surface area is 106 Å². The molecule has 0 aliphatic heterocycles. The van der Waals surface area contributed by atoms with Gasteiger partial charge in [0.15, 0.2) is 0 Å². The molecule has 1 rings (SSSR count). The average Bonchev–Trinajstić information content (AvgIpc) is 2.42. The highest BCUT2D eigenvalue weighted by Crippen LogP contribution is 2.07. The molecule has 0 radical (unpaired) electrons. The molecule has 0 atom stereocenters. The van der Waals surface area contributed by atoms with Crippen LogP contribution in [0.4, 0.5) is 0 Å². The Bertz CT molecular complexity index is 440. The van der Waals surface area contributed by atoms with E-state index in [4.69, 9.17) is 16.2 Å². The smallest absolute Gasteiger partial charge is 0.337 e. The first-order valence-corrected chi connectivity index (χ1v) is 5.32. The molecule has 1 aromatic rings. The van der Waals surface area contributed by atoms with Gasteiger partial charge in [0.1, 0.15) is 12.9 Å². The van der Waals surface area contributed by atoms with Crippen LogP contribution in [0.1, 0.15) is 22.3 Å². The van der Waals surface area contributed by atoms with Crippen LogP contribution < -0.4 is 0 Å². The molecule has 0 heterocycles. The van der Waals surface area contributed by atoms with Crippen LogP contribution in [0, 0.1) is 12.3 Å². The van der Waals surface area contributed by atoms with Crippen LogP contribution in [0.3, 0.4) is 0 Å². The Balaban J connectivity index is 2.36. The lowest BCUT2D eigenvalue weighted by molar-refractivity contribution is -0.259. The Morgan fingerprint density at radius 1 is 1.39 bits per heavy atom.